The minimum absolute atomic E-state index is 0.244. The number of nitrogens with zero attached hydrogens (tertiary/aromatic N) is 3. The van der Waals surface area contributed by atoms with E-state index in [-0.39, 0.29) is 5.91 Å². The molecule has 1 aromatic carbocycles. The number of carbonyl (C=O) groups is 1. The summed E-state index contributed by atoms with van der Waals surface area (Å²) in [5.74, 6) is 0.244. The summed E-state index contributed by atoms with van der Waals surface area (Å²) >= 11 is 0. The second-order valence-electron chi connectivity index (χ2n) is 5.72. The first kappa shape index (κ1) is 14.8. The van der Waals surface area contributed by atoms with E-state index in [9.17, 15) is 4.79 Å². The lowest BCUT2D eigenvalue weighted by molar-refractivity contribution is -0.133. The van der Waals surface area contributed by atoms with Crippen molar-refractivity contribution in [3.63, 3.8) is 0 Å². The molecule has 0 unspecified atom stereocenters. The molecule has 0 aliphatic carbocycles. The van der Waals surface area contributed by atoms with Crippen LogP contribution in [0.5, 0.6) is 0 Å². The molecule has 3 rings (SSSR count). The molecule has 0 radical (unpaired) electrons. The SMILES string of the molecule is O=C(CCc1cnc[nH]1)N1CCN(Cc2ccccc2)CC1. The van der Waals surface area contributed by atoms with Gasteiger partial charge in [0.2, 0.25) is 5.91 Å². The molecule has 1 saturated heterocycles. The number of hydrogen-bond donors (Lipinski definition) is 1. The fourth-order valence-electron chi connectivity index (χ4n) is 2.82. The number of hydrogen-bond acceptors (Lipinski definition) is 3. The molecule has 0 atom stereocenters. The van der Waals surface area contributed by atoms with Gasteiger partial charge in [-0.25, -0.2) is 4.98 Å². The van der Waals surface area contributed by atoms with Crippen LogP contribution in [-0.2, 0) is 17.8 Å². The number of aryl methyl sites for hydroxylation is 1. The predicted molar refractivity (Wildman–Crippen MR) is 85.2 cm³/mol. The molecule has 1 aliphatic rings. The van der Waals surface area contributed by atoms with Crippen LogP contribution in [0.1, 0.15) is 17.7 Å². The highest BCUT2D eigenvalue weighted by molar-refractivity contribution is 5.76. The van der Waals surface area contributed by atoms with Gasteiger partial charge in [-0.1, -0.05) is 30.3 Å². The minimum atomic E-state index is 0.244. The summed E-state index contributed by atoms with van der Waals surface area (Å²) in [6.07, 6.45) is 4.73. The van der Waals surface area contributed by atoms with E-state index < -0.39 is 0 Å². The van der Waals surface area contributed by atoms with Gasteiger partial charge in [-0.05, 0) is 12.0 Å². The van der Waals surface area contributed by atoms with Crippen molar-refractivity contribution in [2.24, 2.45) is 0 Å². The van der Waals surface area contributed by atoms with E-state index in [1.54, 1.807) is 12.5 Å². The van der Waals surface area contributed by atoms with Gasteiger partial charge in [0.25, 0.3) is 0 Å². The van der Waals surface area contributed by atoms with Crippen molar-refractivity contribution in [3.8, 4) is 0 Å². The van der Waals surface area contributed by atoms with Gasteiger partial charge in [0.15, 0.2) is 0 Å². The molecule has 1 fully saturated rings. The van der Waals surface area contributed by atoms with Gasteiger partial charge < -0.3 is 9.88 Å². The molecule has 2 aromatic rings. The quantitative estimate of drug-likeness (QED) is 0.914. The van der Waals surface area contributed by atoms with E-state index in [1.807, 2.05) is 11.0 Å². The standard InChI is InChI=1S/C17H22N4O/c22-17(7-6-16-12-18-14-19-16)21-10-8-20(9-11-21)13-15-4-2-1-3-5-15/h1-5,12,14H,6-11,13H2,(H,18,19). The highest BCUT2D eigenvalue weighted by atomic mass is 16.2. The average molecular weight is 298 g/mol. The van der Waals surface area contributed by atoms with Crippen molar-refractivity contribution in [3.05, 3.63) is 54.1 Å². The fourth-order valence-corrected chi connectivity index (χ4v) is 2.82. The first-order valence-electron chi connectivity index (χ1n) is 7.82. The Balaban J connectivity index is 1.42. The Labute approximate surface area is 131 Å². The third kappa shape index (κ3) is 3.95. The highest BCUT2D eigenvalue weighted by Gasteiger charge is 2.20. The summed E-state index contributed by atoms with van der Waals surface area (Å²) in [6.45, 7) is 4.52. The number of aromatic amines is 1. The van der Waals surface area contributed by atoms with Crippen LogP contribution >= 0.6 is 0 Å². The Bertz CT molecular complexity index is 574. The van der Waals surface area contributed by atoms with Gasteiger partial charge in [-0.15, -0.1) is 0 Å². The topological polar surface area (TPSA) is 52.2 Å². The third-order valence-corrected chi connectivity index (χ3v) is 4.14. The lowest BCUT2D eigenvalue weighted by atomic mass is 10.2. The Hall–Kier alpha value is -2.14. The molecule has 1 amide bonds. The summed E-state index contributed by atoms with van der Waals surface area (Å²) in [5.41, 5.74) is 2.36. The van der Waals surface area contributed by atoms with Crippen molar-refractivity contribution >= 4 is 5.91 Å². The molecule has 1 aromatic heterocycles. The Morgan fingerprint density at radius 2 is 1.91 bits per heavy atom. The van der Waals surface area contributed by atoms with Crippen LogP contribution in [0.25, 0.3) is 0 Å². The first-order chi connectivity index (χ1) is 10.8. The summed E-state index contributed by atoms with van der Waals surface area (Å²) in [6, 6.07) is 10.5. The summed E-state index contributed by atoms with van der Waals surface area (Å²) in [4.78, 5) is 23.6. The number of imidazole rings is 1. The summed E-state index contributed by atoms with van der Waals surface area (Å²) in [5, 5.41) is 0. The molecule has 0 spiro atoms. The number of nitrogens with one attached hydrogen (secondary N) is 1. The predicted octanol–water partition coefficient (Wildman–Crippen LogP) is 1.69. The monoisotopic (exact) mass is 298 g/mol. The number of rotatable bonds is 5. The van der Waals surface area contributed by atoms with Crippen molar-refractivity contribution < 1.29 is 4.79 Å². The van der Waals surface area contributed by atoms with E-state index in [0.717, 1.165) is 44.8 Å². The molecule has 0 bridgehead atoms. The molecule has 116 valence electrons. The maximum absolute atomic E-state index is 12.2. The zero-order chi connectivity index (χ0) is 15.2. The smallest absolute Gasteiger partial charge is 0.223 e. The van der Waals surface area contributed by atoms with Crippen LogP contribution in [0.4, 0.5) is 0 Å². The van der Waals surface area contributed by atoms with Gasteiger partial charge in [-0.2, -0.15) is 0 Å². The van der Waals surface area contributed by atoms with Gasteiger partial charge in [0.1, 0.15) is 0 Å². The van der Waals surface area contributed by atoms with E-state index in [0.29, 0.717) is 6.42 Å². The summed E-state index contributed by atoms with van der Waals surface area (Å²) in [7, 11) is 0. The molecule has 2 heterocycles. The zero-order valence-electron chi connectivity index (χ0n) is 12.7. The molecular formula is C17H22N4O. The molecule has 1 N–H and O–H groups in total. The molecule has 5 heteroatoms. The van der Waals surface area contributed by atoms with Crippen molar-refractivity contribution in [2.45, 2.75) is 19.4 Å². The summed E-state index contributed by atoms with van der Waals surface area (Å²) < 4.78 is 0. The zero-order valence-corrected chi connectivity index (χ0v) is 12.7. The molecule has 22 heavy (non-hydrogen) atoms. The van der Waals surface area contributed by atoms with Crippen LogP contribution < -0.4 is 0 Å². The lowest BCUT2D eigenvalue weighted by Crippen LogP contribution is -2.48. The number of benzene rings is 1. The average Bonchev–Trinajstić information content (AvgIpc) is 3.08. The fraction of sp³-hybridized carbons (Fsp3) is 0.412. The second-order valence-corrected chi connectivity index (χ2v) is 5.72. The van der Waals surface area contributed by atoms with Crippen LogP contribution in [0, 0.1) is 0 Å². The second kappa shape index (κ2) is 7.22. The van der Waals surface area contributed by atoms with Gasteiger partial charge in [0, 0.05) is 51.0 Å². The number of carbonyl (C=O) groups excluding carboxylic acids is 1. The largest absolute Gasteiger partial charge is 0.348 e. The van der Waals surface area contributed by atoms with E-state index in [2.05, 4.69) is 39.1 Å². The first-order valence-corrected chi connectivity index (χ1v) is 7.82. The highest BCUT2D eigenvalue weighted by Crippen LogP contribution is 2.10. The molecule has 0 saturated carbocycles. The number of piperazine rings is 1. The normalized spacial score (nSPS) is 15.9. The Morgan fingerprint density at radius 3 is 2.59 bits per heavy atom. The van der Waals surface area contributed by atoms with Crippen molar-refractivity contribution in [1.29, 1.82) is 0 Å². The Kier molecular flexibility index (Phi) is 4.85. The van der Waals surface area contributed by atoms with Crippen molar-refractivity contribution in [1.82, 2.24) is 19.8 Å². The van der Waals surface area contributed by atoms with Gasteiger partial charge >= 0.3 is 0 Å². The van der Waals surface area contributed by atoms with Crippen LogP contribution in [0.15, 0.2) is 42.9 Å². The minimum Gasteiger partial charge on any atom is -0.348 e. The maximum Gasteiger partial charge on any atom is 0.223 e. The van der Waals surface area contributed by atoms with Gasteiger partial charge in [-0.3, -0.25) is 9.69 Å². The molecule has 1 aliphatic heterocycles. The Morgan fingerprint density at radius 1 is 1.14 bits per heavy atom. The van der Waals surface area contributed by atoms with Gasteiger partial charge in [0.05, 0.1) is 6.33 Å². The van der Waals surface area contributed by atoms with E-state index >= 15 is 0 Å². The van der Waals surface area contributed by atoms with Crippen LogP contribution in [-0.4, -0.2) is 51.9 Å². The molecular weight excluding hydrogens is 276 g/mol. The number of amides is 1. The lowest BCUT2D eigenvalue weighted by Gasteiger charge is -2.34. The van der Waals surface area contributed by atoms with Crippen LogP contribution in [0.3, 0.4) is 0 Å². The number of H-pyrrole nitrogens is 1. The maximum atomic E-state index is 12.2. The van der Waals surface area contributed by atoms with E-state index in [1.165, 1.54) is 5.56 Å². The molecule has 5 nitrogen and oxygen atoms in total. The van der Waals surface area contributed by atoms with E-state index in [4.69, 9.17) is 0 Å². The third-order valence-electron chi connectivity index (χ3n) is 4.14. The number of aromatic nitrogens is 2. The van der Waals surface area contributed by atoms with Crippen molar-refractivity contribution in [2.75, 3.05) is 26.2 Å². The van der Waals surface area contributed by atoms with Crippen LogP contribution in [0.2, 0.25) is 0 Å².